The third-order valence-electron chi connectivity index (χ3n) is 3.95. The van der Waals surface area contributed by atoms with Gasteiger partial charge in [-0.15, -0.1) is 0 Å². The minimum absolute atomic E-state index is 0.0797. The van der Waals surface area contributed by atoms with Crippen molar-refractivity contribution in [3.8, 4) is 5.75 Å². The Bertz CT molecular complexity index is 649. The molecule has 2 aromatic carbocycles. The molecule has 0 radical (unpaired) electrons. The van der Waals surface area contributed by atoms with Gasteiger partial charge in [0.25, 0.3) is 0 Å². The highest BCUT2D eigenvalue weighted by Gasteiger charge is 2.24. The van der Waals surface area contributed by atoms with Crippen molar-refractivity contribution in [3.05, 3.63) is 58.4 Å². The summed E-state index contributed by atoms with van der Waals surface area (Å²) < 4.78 is 19.1. The van der Waals surface area contributed by atoms with E-state index in [9.17, 15) is 4.39 Å². The predicted molar refractivity (Wildman–Crippen MR) is 78.9 cm³/mol. The summed E-state index contributed by atoms with van der Waals surface area (Å²) in [6.07, 6.45) is -0.0797. The maximum atomic E-state index is 13.0. The van der Waals surface area contributed by atoms with Crippen LogP contribution in [0.4, 0.5) is 10.1 Å². The molecule has 104 valence electrons. The number of aryl methyl sites for hydroxylation is 2. The van der Waals surface area contributed by atoms with Gasteiger partial charge in [0.2, 0.25) is 0 Å². The van der Waals surface area contributed by atoms with E-state index in [-0.39, 0.29) is 11.9 Å². The van der Waals surface area contributed by atoms with E-state index in [4.69, 9.17) is 4.74 Å². The second-order valence-corrected chi connectivity index (χ2v) is 5.38. The third-order valence-corrected chi connectivity index (χ3v) is 3.95. The number of rotatable bonds is 1. The lowest BCUT2D eigenvalue weighted by atomic mass is 10.00. The van der Waals surface area contributed by atoms with Gasteiger partial charge in [-0.05, 0) is 55.2 Å². The van der Waals surface area contributed by atoms with Crippen molar-refractivity contribution in [2.24, 2.45) is 0 Å². The van der Waals surface area contributed by atoms with Crippen LogP contribution in [0.1, 0.15) is 28.4 Å². The van der Waals surface area contributed by atoms with Crippen molar-refractivity contribution in [1.29, 1.82) is 0 Å². The Morgan fingerprint density at radius 3 is 2.50 bits per heavy atom. The smallest absolute Gasteiger partial charge is 0.146 e. The molecule has 0 amide bonds. The maximum absolute atomic E-state index is 13.0. The molecular weight excluding hydrogens is 253 g/mol. The molecule has 1 unspecified atom stereocenters. The highest BCUT2D eigenvalue weighted by molar-refractivity contribution is 5.68. The predicted octanol–water partition coefficient (Wildman–Crippen LogP) is 4.30. The molecule has 0 saturated carbocycles. The van der Waals surface area contributed by atoms with Crippen molar-refractivity contribution >= 4 is 5.69 Å². The van der Waals surface area contributed by atoms with E-state index in [1.807, 2.05) is 0 Å². The fourth-order valence-corrected chi connectivity index (χ4v) is 2.67. The van der Waals surface area contributed by atoms with E-state index < -0.39 is 0 Å². The zero-order chi connectivity index (χ0) is 14.3. The number of hydrogen-bond donors (Lipinski definition) is 1. The fourth-order valence-electron chi connectivity index (χ4n) is 2.67. The summed E-state index contributed by atoms with van der Waals surface area (Å²) in [5.41, 5.74) is 5.69. The second kappa shape index (κ2) is 4.82. The largest absolute Gasteiger partial charge is 0.481 e. The number of hydrogen-bond acceptors (Lipinski definition) is 2. The van der Waals surface area contributed by atoms with Gasteiger partial charge in [0.1, 0.15) is 17.7 Å². The van der Waals surface area contributed by atoms with Crippen molar-refractivity contribution in [3.63, 3.8) is 0 Å². The molecule has 1 N–H and O–H groups in total. The molecule has 3 heteroatoms. The lowest BCUT2D eigenvalue weighted by molar-refractivity contribution is 0.208. The van der Waals surface area contributed by atoms with Gasteiger partial charge in [-0.25, -0.2) is 4.39 Å². The van der Waals surface area contributed by atoms with Gasteiger partial charge in [0.15, 0.2) is 0 Å². The topological polar surface area (TPSA) is 21.3 Å². The van der Waals surface area contributed by atoms with Crippen LogP contribution in [0.15, 0.2) is 30.3 Å². The Kier molecular flexibility index (Phi) is 3.13. The summed E-state index contributed by atoms with van der Waals surface area (Å²) in [5.74, 6) is 0.689. The Balaban J connectivity index is 1.96. The Labute approximate surface area is 118 Å². The van der Waals surface area contributed by atoms with Crippen molar-refractivity contribution in [2.45, 2.75) is 26.9 Å². The van der Waals surface area contributed by atoms with Gasteiger partial charge in [-0.2, -0.15) is 0 Å². The van der Waals surface area contributed by atoms with Crippen LogP contribution < -0.4 is 10.1 Å². The quantitative estimate of drug-likeness (QED) is 0.835. The minimum atomic E-state index is -0.222. The molecule has 20 heavy (non-hydrogen) atoms. The van der Waals surface area contributed by atoms with Crippen LogP contribution in [0, 0.1) is 26.6 Å². The van der Waals surface area contributed by atoms with E-state index in [1.54, 1.807) is 12.1 Å². The monoisotopic (exact) mass is 271 g/mol. The van der Waals surface area contributed by atoms with Crippen LogP contribution >= 0.6 is 0 Å². The average Bonchev–Trinajstić information content (AvgIpc) is 2.45. The number of fused-ring (bicyclic) bond motifs is 1. The van der Waals surface area contributed by atoms with Crippen molar-refractivity contribution in [2.75, 3.05) is 11.9 Å². The van der Waals surface area contributed by atoms with Gasteiger partial charge in [0.05, 0.1) is 12.2 Å². The number of halogens is 1. The van der Waals surface area contributed by atoms with Gasteiger partial charge < -0.3 is 10.1 Å². The fraction of sp³-hybridized carbons (Fsp3) is 0.294. The molecule has 0 bridgehead atoms. The summed E-state index contributed by atoms with van der Waals surface area (Å²) in [6.45, 7) is 6.96. The van der Waals surface area contributed by atoms with Gasteiger partial charge in [-0.3, -0.25) is 0 Å². The summed E-state index contributed by atoms with van der Waals surface area (Å²) in [4.78, 5) is 0. The van der Waals surface area contributed by atoms with E-state index >= 15 is 0 Å². The molecule has 0 fully saturated rings. The van der Waals surface area contributed by atoms with Crippen LogP contribution in [0.3, 0.4) is 0 Å². The third kappa shape index (κ3) is 2.13. The Morgan fingerprint density at radius 2 is 1.80 bits per heavy atom. The molecule has 1 aliphatic heterocycles. The zero-order valence-corrected chi connectivity index (χ0v) is 12.0. The first-order chi connectivity index (χ1) is 9.56. The summed E-state index contributed by atoms with van der Waals surface area (Å²) in [5, 5.41) is 3.46. The average molecular weight is 271 g/mol. The summed E-state index contributed by atoms with van der Waals surface area (Å²) in [6, 6.07) is 8.65. The number of benzene rings is 2. The number of anilines is 1. The lowest BCUT2D eigenvalue weighted by Crippen LogP contribution is -2.25. The van der Waals surface area contributed by atoms with E-state index in [0.29, 0.717) is 6.54 Å². The molecule has 1 aliphatic rings. The normalized spacial score (nSPS) is 17.1. The van der Waals surface area contributed by atoms with Crippen LogP contribution in [0.2, 0.25) is 0 Å². The van der Waals surface area contributed by atoms with Crippen LogP contribution in [0.25, 0.3) is 0 Å². The Hall–Kier alpha value is -2.03. The number of nitrogens with one attached hydrogen (secondary N) is 1. The SMILES string of the molecule is Cc1cc(C)c2c(c1C)NCC(c1ccc(F)cc1)O2. The van der Waals surface area contributed by atoms with Crippen molar-refractivity contribution in [1.82, 2.24) is 0 Å². The molecule has 0 spiro atoms. The molecule has 1 heterocycles. The van der Waals surface area contributed by atoms with E-state index in [1.165, 1.54) is 23.3 Å². The first-order valence-electron chi connectivity index (χ1n) is 6.83. The first-order valence-corrected chi connectivity index (χ1v) is 6.83. The number of ether oxygens (including phenoxy) is 1. The molecule has 0 saturated heterocycles. The lowest BCUT2D eigenvalue weighted by Gasteiger charge is -2.30. The molecule has 2 aromatic rings. The van der Waals surface area contributed by atoms with Crippen molar-refractivity contribution < 1.29 is 9.13 Å². The van der Waals surface area contributed by atoms with Gasteiger partial charge >= 0.3 is 0 Å². The Morgan fingerprint density at radius 1 is 1.10 bits per heavy atom. The van der Waals surface area contributed by atoms with Crippen LogP contribution in [0.5, 0.6) is 5.75 Å². The first kappa shape index (κ1) is 13.0. The van der Waals surface area contributed by atoms with Gasteiger partial charge in [-0.1, -0.05) is 18.2 Å². The minimum Gasteiger partial charge on any atom is -0.481 e. The highest BCUT2D eigenvalue weighted by Crippen LogP contribution is 2.40. The molecule has 2 nitrogen and oxygen atoms in total. The molecule has 0 aliphatic carbocycles. The second-order valence-electron chi connectivity index (χ2n) is 5.38. The molecular formula is C17H18FNO. The van der Waals surface area contributed by atoms with E-state index in [2.05, 4.69) is 32.2 Å². The van der Waals surface area contributed by atoms with Crippen LogP contribution in [-0.2, 0) is 0 Å². The highest BCUT2D eigenvalue weighted by atomic mass is 19.1. The maximum Gasteiger partial charge on any atom is 0.146 e. The van der Waals surface area contributed by atoms with Gasteiger partial charge in [0, 0.05) is 0 Å². The summed E-state index contributed by atoms with van der Waals surface area (Å²) in [7, 11) is 0. The molecule has 1 atom stereocenters. The molecule has 3 rings (SSSR count). The van der Waals surface area contributed by atoms with E-state index in [0.717, 1.165) is 22.6 Å². The summed E-state index contributed by atoms with van der Waals surface area (Å²) >= 11 is 0. The zero-order valence-electron chi connectivity index (χ0n) is 12.0. The van der Waals surface area contributed by atoms with Crippen LogP contribution in [-0.4, -0.2) is 6.54 Å². The standard InChI is InChI=1S/C17H18FNO/c1-10-8-11(2)17-16(12(10)3)19-9-15(20-17)13-4-6-14(18)7-5-13/h4-8,15,19H,9H2,1-3H3. The molecule has 0 aromatic heterocycles.